The van der Waals surface area contributed by atoms with Gasteiger partial charge in [-0.25, -0.2) is 4.79 Å². The van der Waals surface area contributed by atoms with E-state index in [9.17, 15) is 9.59 Å². The Balaban J connectivity index is 1.90. The summed E-state index contributed by atoms with van der Waals surface area (Å²) in [5, 5.41) is 8.41. The molecule has 3 N–H and O–H groups in total. The van der Waals surface area contributed by atoms with Crippen LogP contribution in [-0.4, -0.2) is 32.2 Å². The van der Waals surface area contributed by atoms with Gasteiger partial charge in [0.2, 0.25) is 5.91 Å². The van der Waals surface area contributed by atoms with E-state index in [2.05, 4.69) is 16.0 Å². The number of benzene rings is 2. The Morgan fingerprint density at radius 2 is 1.52 bits per heavy atom. The molecule has 2 rings (SSSR count). The SMILES string of the molecule is COc1ccc(CNC(=O)C(NC(=O)NCc2ccccc2)C(C)C)cc1OC. The molecule has 0 saturated carbocycles. The van der Waals surface area contributed by atoms with E-state index in [1.807, 2.05) is 56.3 Å². The molecule has 0 spiro atoms. The van der Waals surface area contributed by atoms with Gasteiger partial charge >= 0.3 is 6.03 Å². The molecule has 7 heteroatoms. The van der Waals surface area contributed by atoms with Crippen molar-refractivity contribution >= 4 is 11.9 Å². The lowest BCUT2D eigenvalue weighted by Crippen LogP contribution is -2.52. The van der Waals surface area contributed by atoms with Crippen LogP contribution in [0.5, 0.6) is 11.5 Å². The number of ether oxygens (including phenoxy) is 2. The van der Waals surface area contributed by atoms with Gasteiger partial charge in [-0.2, -0.15) is 0 Å². The van der Waals surface area contributed by atoms with Gasteiger partial charge in [0.25, 0.3) is 0 Å². The van der Waals surface area contributed by atoms with Crippen LogP contribution in [0.1, 0.15) is 25.0 Å². The van der Waals surface area contributed by atoms with E-state index in [0.717, 1.165) is 11.1 Å². The van der Waals surface area contributed by atoms with Crippen LogP contribution in [0.2, 0.25) is 0 Å². The van der Waals surface area contributed by atoms with Crippen LogP contribution < -0.4 is 25.4 Å². The smallest absolute Gasteiger partial charge is 0.315 e. The van der Waals surface area contributed by atoms with Crippen molar-refractivity contribution < 1.29 is 19.1 Å². The molecule has 7 nitrogen and oxygen atoms in total. The highest BCUT2D eigenvalue weighted by molar-refractivity contribution is 5.87. The molecule has 2 aromatic carbocycles. The monoisotopic (exact) mass is 399 g/mol. The van der Waals surface area contributed by atoms with Crippen molar-refractivity contribution in [2.45, 2.75) is 33.0 Å². The zero-order valence-electron chi connectivity index (χ0n) is 17.3. The van der Waals surface area contributed by atoms with E-state index < -0.39 is 6.04 Å². The molecular weight excluding hydrogens is 370 g/mol. The summed E-state index contributed by atoms with van der Waals surface area (Å²) in [4.78, 5) is 24.9. The van der Waals surface area contributed by atoms with Crippen molar-refractivity contribution in [2.75, 3.05) is 14.2 Å². The number of nitrogens with one attached hydrogen (secondary N) is 3. The maximum atomic E-state index is 12.6. The van der Waals surface area contributed by atoms with Gasteiger partial charge in [-0.1, -0.05) is 50.2 Å². The maximum Gasteiger partial charge on any atom is 0.315 e. The first-order valence-corrected chi connectivity index (χ1v) is 9.51. The molecule has 0 radical (unpaired) electrons. The first kappa shape index (κ1) is 22.1. The Morgan fingerprint density at radius 1 is 0.862 bits per heavy atom. The molecule has 0 bridgehead atoms. The second kappa shape index (κ2) is 10.9. The largest absolute Gasteiger partial charge is 0.493 e. The van der Waals surface area contributed by atoms with Crippen LogP contribution in [-0.2, 0) is 17.9 Å². The fraction of sp³-hybridized carbons (Fsp3) is 0.364. The molecule has 0 heterocycles. The first-order chi connectivity index (χ1) is 13.9. The minimum atomic E-state index is -0.647. The predicted molar refractivity (Wildman–Crippen MR) is 112 cm³/mol. The number of carbonyl (C=O) groups is 2. The minimum absolute atomic E-state index is 0.0668. The molecule has 3 amide bonds. The number of rotatable bonds is 9. The average Bonchev–Trinajstić information content (AvgIpc) is 2.74. The first-order valence-electron chi connectivity index (χ1n) is 9.51. The summed E-state index contributed by atoms with van der Waals surface area (Å²) in [6, 6.07) is 14.0. The van der Waals surface area contributed by atoms with Crippen LogP contribution >= 0.6 is 0 Å². The zero-order valence-corrected chi connectivity index (χ0v) is 17.3. The molecule has 0 aliphatic carbocycles. The standard InChI is InChI=1S/C22H29N3O4/c1-15(2)20(25-22(27)24-13-16-8-6-5-7-9-16)21(26)23-14-17-10-11-18(28-3)19(12-17)29-4/h5-12,15,20H,13-14H2,1-4H3,(H,23,26)(H2,24,25,27). The van der Waals surface area contributed by atoms with E-state index in [1.165, 1.54) is 0 Å². The van der Waals surface area contributed by atoms with Crippen molar-refractivity contribution in [2.24, 2.45) is 5.92 Å². The van der Waals surface area contributed by atoms with Crippen molar-refractivity contribution in [3.05, 3.63) is 59.7 Å². The Kier molecular flexibility index (Phi) is 8.33. The molecule has 0 aliphatic heterocycles. The van der Waals surface area contributed by atoms with Crippen molar-refractivity contribution in [1.29, 1.82) is 0 Å². The topological polar surface area (TPSA) is 88.7 Å². The third kappa shape index (κ3) is 6.71. The number of urea groups is 1. The fourth-order valence-corrected chi connectivity index (χ4v) is 2.80. The van der Waals surface area contributed by atoms with Gasteiger partial charge in [-0.3, -0.25) is 4.79 Å². The summed E-state index contributed by atoms with van der Waals surface area (Å²) in [7, 11) is 3.13. The molecule has 0 aromatic heterocycles. The van der Waals surface area contributed by atoms with Crippen molar-refractivity contribution in [3.8, 4) is 11.5 Å². The summed E-state index contributed by atoms with van der Waals surface area (Å²) >= 11 is 0. The normalized spacial score (nSPS) is 11.5. The molecule has 0 aliphatic rings. The van der Waals surface area contributed by atoms with Gasteiger partial charge in [0.05, 0.1) is 14.2 Å². The quantitative estimate of drug-likeness (QED) is 0.605. The molecule has 1 unspecified atom stereocenters. The summed E-state index contributed by atoms with van der Waals surface area (Å²) < 4.78 is 10.5. The number of hydrogen-bond acceptors (Lipinski definition) is 4. The Bertz CT molecular complexity index is 809. The number of carbonyl (C=O) groups excluding carboxylic acids is 2. The Labute approximate surface area is 171 Å². The second-order valence-corrected chi connectivity index (χ2v) is 6.94. The van der Waals surface area contributed by atoms with Crippen LogP contribution in [0.25, 0.3) is 0 Å². The van der Waals surface area contributed by atoms with E-state index in [0.29, 0.717) is 24.6 Å². The van der Waals surface area contributed by atoms with Crippen molar-refractivity contribution in [1.82, 2.24) is 16.0 Å². The van der Waals surface area contributed by atoms with Crippen LogP contribution in [0.15, 0.2) is 48.5 Å². The molecule has 0 fully saturated rings. The average molecular weight is 399 g/mol. The van der Waals surface area contributed by atoms with Crippen LogP contribution in [0.3, 0.4) is 0 Å². The highest BCUT2D eigenvalue weighted by Crippen LogP contribution is 2.27. The predicted octanol–water partition coefficient (Wildman–Crippen LogP) is 2.84. The lowest BCUT2D eigenvalue weighted by molar-refractivity contribution is -0.124. The third-order valence-electron chi connectivity index (χ3n) is 4.45. The Hall–Kier alpha value is -3.22. The summed E-state index contributed by atoms with van der Waals surface area (Å²) in [6.07, 6.45) is 0. The molecule has 1 atom stereocenters. The van der Waals surface area contributed by atoms with Gasteiger partial charge in [0.15, 0.2) is 11.5 Å². The minimum Gasteiger partial charge on any atom is -0.493 e. The molecule has 2 aromatic rings. The van der Waals surface area contributed by atoms with Crippen LogP contribution in [0, 0.1) is 5.92 Å². The number of hydrogen-bond donors (Lipinski definition) is 3. The van der Waals surface area contributed by atoms with Crippen molar-refractivity contribution in [3.63, 3.8) is 0 Å². The van der Waals surface area contributed by atoms with E-state index >= 15 is 0 Å². The Morgan fingerprint density at radius 3 is 2.14 bits per heavy atom. The maximum absolute atomic E-state index is 12.6. The lowest BCUT2D eigenvalue weighted by Gasteiger charge is -2.22. The van der Waals surface area contributed by atoms with Gasteiger partial charge in [0.1, 0.15) is 6.04 Å². The summed E-state index contributed by atoms with van der Waals surface area (Å²) in [5.74, 6) is 0.907. The fourth-order valence-electron chi connectivity index (χ4n) is 2.80. The van der Waals surface area contributed by atoms with Gasteiger partial charge in [0, 0.05) is 13.1 Å². The zero-order chi connectivity index (χ0) is 21.2. The van der Waals surface area contributed by atoms with Gasteiger partial charge in [-0.15, -0.1) is 0 Å². The summed E-state index contributed by atoms with van der Waals surface area (Å²) in [5.41, 5.74) is 1.86. The van der Waals surface area contributed by atoms with Gasteiger partial charge < -0.3 is 25.4 Å². The molecular formula is C22H29N3O4. The highest BCUT2D eigenvalue weighted by Gasteiger charge is 2.24. The molecule has 0 saturated heterocycles. The third-order valence-corrected chi connectivity index (χ3v) is 4.45. The highest BCUT2D eigenvalue weighted by atomic mass is 16.5. The second-order valence-electron chi connectivity index (χ2n) is 6.94. The lowest BCUT2D eigenvalue weighted by atomic mass is 10.0. The number of methoxy groups -OCH3 is 2. The van der Waals surface area contributed by atoms with E-state index in [4.69, 9.17) is 9.47 Å². The molecule has 29 heavy (non-hydrogen) atoms. The summed E-state index contributed by atoms with van der Waals surface area (Å²) in [6.45, 7) is 4.48. The van der Waals surface area contributed by atoms with Gasteiger partial charge in [-0.05, 0) is 29.2 Å². The number of amides is 3. The van der Waals surface area contributed by atoms with E-state index in [1.54, 1.807) is 20.3 Å². The van der Waals surface area contributed by atoms with Crippen LogP contribution in [0.4, 0.5) is 4.79 Å². The van der Waals surface area contributed by atoms with E-state index in [-0.39, 0.29) is 17.9 Å². The molecule has 156 valence electrons.